The van der Waals surface area contributed by atoms with Gasteiger partial charge in [-0.05, 0) is 85.6 Å². The molecule has 1 aliphatic rings. The highest BCUT2D eigenvalue weighted by Gasteiger charge is 2.26. The van der Waals surface area contributed by atoms with E-state index in [4.69, 9.17) is 17.0 Å². The molecule has 1 aliphatic heterocycles. The lowest BCUT2D eigenvalue weighted by molar-refractivity contribution is -0.139. The zero-order chi connectivity index (χ0) is 42.0. The van der Waals surface area contributed by atoms with Crippen molar-refractivity contribution < 1.29 is 19.4 Å². The number of likely N-dealkylation sites (N-methyl/N-ethyl adjacent to an activating group) is 1. The van der Waals surface area contributed by atoms with Gasteiger partial charge in [0, 0.05) is 89.3 Å². The number of carboxylic acid groups (broad SMARTS) is 1. The summed E-state index contributed by atoms with van der Waals surface area (Å²) in [5, 5.41) is 16.5. The number of benzene rings is 1. The number of pyridine rings is 2. The average molecular weight is 819 g/mol. The summed E-state index contributed by atoms with van der Waals surface area (Å²) in [5.41, 5.74) is 4.58. The second kappa shape index (κ2) is 28.7. The molecule has 0 bridgehead atoms. The number of aromatic nitrogens is 2. The zero-order valence-corrected chi connectivity index (χ0v) is 36.5. The molecule has 1 fully saturated rings. The summed E-state index contributed by atoms with van der Waals surface area (Å²) in [4.78, 5) is 41.3. The number of carbonyl (C=O) groups is 2. The van der Waals surface area contributed by atoms with Crippen molar-refractivity contribution in [3.63, 3.8) is 0 Å². The predicted molar refractivity (Wildman–Crippen MR) is 238 cm³/mol. The van der Waals surface area contributed by atoms with Gasteiger partial charge in [0.2, 0.25) is 0 Å². The molecule has 0 saturated carbocycles. The maximum absolute atomic E-state index is 11.7. The smallest absolute Gasteiger partial charge is 0.317 e. The van der Waals surface area contributed by atoms with Gasteiger partial charge in [0.15, 0.2) is 0 Å². The third kappa shape index (κ3) is 21.4. The van der Waals surface area contributed by atoms with Crippen LogP contribution < -0.4 is 10.6 Å². The van der Waals surface area contributed by atoms with E-state index >= 15 is 0 Å². The number of ether oxygens (including phenoxy) is 1. The topological polar surface area (TPSA) is 126 Å². The number of rotatable bonds is 24. The van der Waals surface area contributed by atoms with Crippen molar-refractivity contribution in [1.29, 1.82) is 0 Å². The van der Waals surface area contributed by atoms with Gasteiger partial charge in [-0.15, -0.1) is 0 Å². The second-order valence-electron chi connectivity index (χ2n) is 15.7. The highest BCUT2D eigenvalue weighted by atomic mass is 32.1. The van der Waals surface area contributed by atoms with Crippen LogP contribution >= 0.6 is 12.2 Å². The standard InChI is InChI=1S/C27H44N4O4S.C18H26N4/c1-4-29-12-13-30(20-35-21-32)18-25(31(15-14-29)19-27(33)34)16-23-7-9-24(10-8-23)17-26(36)6-5-11-28-22(2)3;1-16(2)19-12-7-13-22(14-17-8-3-5-10-20-17)15-18-9-4-6-11-21-18/h7-10,21-22,25,28H,4-6,11-20H2,1-3H3,(H,33,34);3-6,8-11,16,19H,7,12-15H2,1-2H3. The van der Waals surface area contributed by atoms with E-state index in [2.05, 4.69) is 111 Å². The van der Waals surface area contributed by atoms with Crippen molar-refractivity contribution in [1.82, 2.24) is 40.2 Å². The van der Waals surface area contributed by atoms with Crippen LogP contribution in [0.25, 0.3) is 0 Å². The molecule has 4 rings (SSSR count). The van der Waals surface area contributed by atoms with Crippen LogP contribution in [-0.2, 0) is 40.3 Å². The third-order valence-electron chi connectivity index (χ3n) is 10.0. The van der Waals surface area contributed by atoms with Crippen molar-refractivity contribution in [3.8, 4) is 0 Å². The molecule has 12 nitrogen and oxygen atoms in total. The summed E-state index contributed by atoms with van der Waals surface area (Å²) >= 11 is 5.61. The van der Waals surface area contributed by atoms with E-state index in [1.54, 1.807) is 0 Å². The van der Waals surface area contributed by atoms with Crippen LogP contribution in [-0.4, -0.2) is 142 Å². The van der Waals surface area contributed by atoms with Crippen molar-refractivity contribution >= 4 is 29.5 Å². The van der Waals surface area contributed by atoms with Crippen molar-refractivity contribution in [3.05, 3.63) is 95.6 Å². The van der Waals surface area contributed by atoms with Crippen LogP contribution in [0.2, 0.25) is 0 Å². The van der Waals surface area contributed by atoms with Gasteiger partial charge in [-0.1, -0.05) is 83.2 Å². The first kappa shape index (κ1) is 48.7. The molecule has 1 aromatic carbocycles. The monoisotopic (exact) mass is 819 g/mol. The average Bonchev–Trinajstić information content (AvgIpc) is 3.28. The quantitative estimate of drug-likeness (QED) is 0.0615. The van der Waals surface area contributed by atoms with Crippen LogP contribution in [0.3, 0.4) is 0 Å². The van der Waals surface area contributed by atoms with E-state index in [0.717, 1.165) is 113 Å². The minimum atomic E-state index is -0.828. The Balaban J connectivity index is 0.000000348. The lowest BCUT2D eigenvalue weighted by atomic mass is 10.00. The van der Waals surface area contributed by atoms with Crippen LogP contribution in [0.5, 0.6) is 0 Å². The lowest BCUT2D eigenvalue weighted by Crippen LogP contribution is -2.48. The Labute approximate surface area is 353 Å². The number of nitrogens with zero attached hydrogens (tertiary/aromatic N) is 6. The highest BCUT2D eigenvalue weighted by molar-refractivity contribution is 7.80. The van der Waals surface area contributed by atoms with Crippen molar-refractivity contribution in [2.24, 2.45) is 0 Å². The Morgan fingerprint density at radius 3 is 2.02 bits per heavy atom. The molecule has 13 heteroatoms. The van der Waals surface area contributed by atoms with Gasteiger partial charge >= 0.3 is 5.97 Å². The van der Waals surface area contributed by atoms with Gasteiger partial charge in [0.25, 0.3) is 6.47 Å². The van der Waals surface area contributed by atoms with Gasteiger partial charge in [0.1, 0.15) is 6.73 Å². The molecule has 1 atom stereocenters. The second-order valence-corrected chi connectivity index (χ2v) is 16.3. The molecule has 58 heavy (non-hydrogen) atoms. The molecule has 0 spiro atoms. The van der Waals surface area contributed by atoms with E-state index < -0.39 is 5.97 Å². The van der Waals surface area contributed by atoms with Gasteiger partial charge < -0.3 is 25.4 Å². The number of carboxylic acids is 1. The fraction of sp³-hybridized carbons (Fsp3) is 0.578. The Morgan fingerprint density at radius 1 is 0.879 bits per heavy atom. The SMILES string of the molecule is CC(C)NCCCN(Cc1ccccn1)Cc1ccccn1.CCN1CCN(COC=O)CC(Cc2ccc(CC(=S)CCCNC(C)C)cc2)N(CC(=O)O)CC1. The molecule has 0 radical (unpaired) electrons. The zero-order valence-electron chi connectivity index (χ0n) is 35.7. The van der Waals surface area contributed by atoms with E-state index in [1.165, 1.54) is 5.56 Å². The first-order valence-electron chi connectivity index (χ1n) is 21.1. The first-order valence-corrected chi connectivity index (χ1v) is 21.5. The van der Waals surface area contributed by atoms with Gasteiger partial charge in [0.05, 0.1) is 17.9 Å². The maximum Gasteiger partial charge on any atom is 0.317 e. The number of thiocarbonyl (C=S) groups is 1. The van der Waals surface area contributed by atoms with Crippen molar-refractivity contribution in [2.75, 3.05) is 72.2 Å². The summed E-state index contributed by atoms with van der Waals surface area (Å²) in [6.45, 7) is 20.9. The molecule has 0 amide bonds. The molecule has 1 saturated heterocycles. The van der Waals surface area contributed by atoms with E-state index in [0.29, 0.717) is 31.6 Å². The number of carbonyl (C=O) groups excluding carboxylic acids is 1. The molecule has 3 N–H and O–H groups in total. The fourth-order valence-corrected chi connectivity index (χ4v) is 7.21. The highest BCUT2D eigenvalue weighted by Crippen LogP contribution is 2.16. The number of hydrogen-bond acceptors (Lipinski definition) is 12. The minimum absolute atomic E-state index is 0.00598. The summed E-state index contributed by atoms with van der Waals surface area (Å²) in [6.07, 6.45) is 8.35. The van der Waals surface area contributed by atoms with Crippen LogP contribution in [0.1, 0.15) is 76.4 Å². The number of hydrogen-bond donors (Lipinski definition) is 3. The van der Waals surface area contributed by atoms with Gasteiger partial charge in [-0.3, -0.25) is 34.3 Å². The molecule has 0 aliphatic carbocycles. The Kier molecular flexibility index (Phi) is 24.1. The minimum Gasteiger partial charge on any atom is -0.480 e. The lowest BCUT2D eigenvalue weighted by Gasteiger charge is -2.33. The Morgan fingerprint density at radius 2 is 1.47 bits per heavy atom. The third-order valence-corrected chi connectivity index (χ3v) is 10.4. The Bertz CT molecular complexity index is 1510. The Hall–Kier alpha value is -3.69. The van der Waals surface area contributed by atoms with E-state index in [9.17, 15) is 14.7 Å². The number of nitrogens with one attached hydrogen (secondary N) is 2. The van der Waals surface area contributed by atoms with E-state index in [1.807, 2.05) is 36.7 Å². The van der Waals surface area contributed by atoms with Gasteiger partial charge in [-0.25, -0.2) is 0 Å². The summed E-state index contributed by atoms with van der Waals surface area (Å²) in [5.74, 6) is -0.828. The summed E-state index contributed by atoms with van der Waals surface area (Å²) in [7, 11) is 0. The molecule has 1 unspecified atom stereocenters. The molecule has 2 aromatic heterocycles. The maximum atomic E-state index is 11.7. The normalized spacial score (nSPS) is 15.7. The molecule has 320 valence electrons. The van der Waals surface area contributed by atoms with Crippen LogP contribution in [0.4, 0.5) is 0 Å². The predicted octanol–water partition coefficient (Wildman–Crippen LogP) is 5.31. The summed E-state index contributed by atoms with van der Waals surface area (Å²) in [6, 6.07) is 21.7. The molecular weight excluding hydrogens is 749 g/mol. The fourth-order valence-electron chi connectivity index (χ4n) is 6.90. The largest absolute Gasteiger partial charge is 0.480 e. The van der Waals surface area contributed by atoms with Gasteiger partial charge in [-0.2, -0.15) is 0 Å². The van der Waals surface area contributed by atoms with Crippen LogP contribution in [0.15, 0.2) is 73.1 Å². The van der Waals surface area contributed by atoms with Crippen LogP contribution in [0, 0.1) is 0 Å². The number of aliphatic carboxylic acids is 1. The molecule has 3 aromatic rings. The first-order chi connectivity index (χ1) is 28.0. The molecule has 3 heterocycles. The molecular formula is C45H70N8O4S. The van der Waals surface area contributed by atoms with Crippen molar-refractivity contribution in [2.45, 2.75) is 97.9 Å². The van der Waals surface area contributed by atoms with E-state index in [-0.39, 0.29) is 19.3 Å². The summed E-state index contributed by atoms with van der Waals surface area (Å²) < 4.78 is 5.07.